The molecule has 1 heteroatoms. The molecule has 0 aromatic heterocycles. The highest BCUT2D eigenvalue weighted by Crippen LogP contribution is 2.27. The number of hydrogen-bond acceptors (Lipinski definition) is 1. The Kier molecular flexibility index (Phi) is 3.64. The Morgan fingerprint density at radius 2 is 2.00 bits per heavy atom. The van der Waals surface area contributed by atoms with Crippen LogP contribution in [-0.4, -0.2) is 13.2 Å². The zero-order chi connectivity index (χ0) is 8.10. The molecule has 1 saturated carbocycles. The van der Waals surface area contributed by atoms with Gasteiger partial charge in [-0.1, -0.05) is 25.3 Å². The topological polar surface area (TPSA) is 9.23 Å². The van der Waals surface area contributed by atoms with E-state index in [0.29, 0.717) is 6.10 Å². The molecule has 11 heavy (non-hydrogen) atoms. The molecule has 1 atom stereocenters. The van der Waals surface area contributed by atoms with Crippen molar-refractivity contribution in [2.75, 3.05) is 7.11 Å². The van der Waals surface area contributed by atoms with E-state index in [4.69, 9.17) is 4.74 Å². The van der Waals surface area contributed by atoms with Crippen LogP contribution in [0.25, 0.3) is 0 Å². The van der Waals surface area contributed by atoms with Gasteiger partial charge in [0.15, 0.2) is 0 Å². The van der Waals surface area contributed by atoms with Gasteiger partial charge in [0.1, 0.15) is 0 Å². The van der Waals surface area contributed by atoms with Crippen molar-refractivity contribution in [2.24, 2.45) is 5.92 Å². The highest BCUT2D eigenvalue weighted by molar-refractivity contribution is 4.87. The minimum Gasteiger partial charge on any atom is -0.377 e. The molecule has 0 radical (unpaired) electrons. The zero-order valence-corrected chi connectivity index (χ0v) is 7.38. The van der Waals surface area contributed by atoms with Crippen LogP contribution in [0.15, 0.2) is 12.7 Å². The van der Waals surface area contributed by atoms with Gasteiger partial charge in [-0.05, 0) is 18.8 Å². The number of ether oxygens (including phenoxy) is 1. The van der Waals surface area contributed by atoms with E-state index in [0.717, 1.165) is 5.92 Å². The Labute approximate surface area is 69.4 Å². The Balaban J connectivity index is 2.35. The van der Waals surface area contributed by atoms with Crippen LogP contribution in [0.2, 0.25) is 0 Å². The fourth-order valence-corrected chi connectivity index (χ4v) is 1.94. The van der Waals surface area contributed by atoms with Gasteiger partial charge in [-0.25, -0.2) is 0 Å². The first kappa shape index (κ1) is 8.79. The van der Waals surface area contributed by atoms with Crippen LogP contribution >= 0.6 is 0 Å². The summed E-state index contributed by atoms with van der Waals surface area (Å²) < 4.78 is 5.32. The fourth-order valence-electron chi connectivity index (χ4n) is 1.94. The van der Waals surface area contributed by atoms with Crippen molar-refractivity contribution in [3.63, 3.8) is 0 Å². The van der Waals surface area contributed by atoms with E-state index in [2.05, 4.69) is 6.58 Å². The summed E-state index contributed by atoms with van der Waals surface area (Å²) in [5.41, 5.74) is 0. The van der Waals surface area contributed by atoms with E-state index in [-0.39, 0.29) is 0 Å². The van der Waals surface area contributed by atoms with Crippen LogP contribution < -0.4 is 0 Å². The van der Waals surface area contributed by atoms with Crippen LogP contribution in [-0.2, 0) is 4.74 Å². The smallest absolute Gasteiger partial charge is 0.0777 e. The molecular weight excluding hydrogens is 136 g/mol. The predicted molar refractivity (Wildman–Crippen MR) is 47.6 cm³/mol. The fraction of sp³-hybridized carbons (Fsp3) is 0.800. The molecule has 0 heterocycles. The molecular formula is C10H18O. The van der Waals surface area contributed by atoms with E-state index in [1.165, 1.54) is 32.1 Å². The molecule has 0 bridgehead atoms. The molecule has 64 valence electrons. The summed E-state index contributed by atoms with van der Waals surface area (Å²) in [6.07, 6.45) is 9.04. The largest absolute Gasteiger partial charge is 0.377 e. The maximum Gasteiger partial charge on any atom is 0.0777 e. The maximum atomic E-state index is 5.32. The minimum absolute atomic E-state index is 0.301. The third-order valence-corrected chi connectivity index (χ3v) is 2.62. The van der Waals surface area contributed by atoms with Gasteiger partial charge in [0.05, 0.1) is 6.10 Å². The van der Waals surface area contributed by atoms with Crippen LogP contribution in [0, 0.1) is 5.92 Å². The third-order valence-electron chi connectivity index (χ3n) is 2.62. The highest BCUT2D eigenvalue weighted by Gasteiger charge is 2.20. The molecule has 0 amide bonds. The normalized spacial score (nSPS) is 23.0. The average Bonchev–Trinajstić information content (AvgIpc) is 2.09. The molecule has 0 aliphatic heterocycles. The number of hydrogen-bond donors (Lipinski definition) is 0. The van der Waals surface area contributed by atoms with E-state index < -0.39 is 0 Å². The van der Waals surface area contributed by atoms with Crippen molar-refractivity contribution in [3.8, 4) is 0 Å². The van der Waals surface area contributed by atoms with Crippen LogP contribution in [0.1, 0.15) is 32.1 Å². The molecule has 0 aromatic rings. The lowest BCUT2D eigenvalue weighted by molar-refractivity contribution is 0.0722. The monoisotopic (exact) mass is 154 g/mol. The third kappa shape index (κ3) is 2.33. The van der Waals surface area contributed by atoms with Crippen LogP contribution in [0.4, 0.5) is 0 Å². The van der Waals surface area contributed by atoms with Crippen molar-refractivity contribution in [3.05, 3.63) is 12.7 Å². The first-order chi connectivity index (χ1) is 5.38. The molecule has 1 unspecified atom stereocenters. The van der Waals surface area contributed by atoms with Crippen LogP contribution in [0.5, 0.6) is 0 Å². The summed E-state index contributed by atoms with van der Waals surface area (Å²) in [5, 5.41) is 0. The van der Waals surface area contributed by atoms with Gasteiger partial charge >= 0.3 is 0 Å². The van der Waals surface area contributed by atoms with Gasteiger partial charge in [-0.2, -0.15) is 0 Å². The van der Waals surface area contributed by atoms with Crippen molar-refractivity contribution in [1.82, 2.24) is 0 Å². The second-order valence-corrected chi connectivity index (χ2v) is 3.33. The zero-order valence-electron chi connectivity index (χ0n) is 7.38. The Morgan fingerprint density at radius 1 is 1.36 bits per heavy atom. The second kappa shape index (κ2) is 4.55. The Bertz CT molecular complexity index is 114. The van der Waals surface area contributed by atoms with Gasteiger partial charge in [0.25, 0.3) is 0 Å². The molecule has 0 spiro atoms. The Hall–Kier alpha value is -0.300. The first-order valence-electron chi connectivity index (χ1n) is 4.54. The van der Waals surface area contributed by atoms with Gasteiger partial charge in [-0.3, -0.25) is 0 Å². The molecule has 0 N–H and O–H groups in total. The van der Waals surface area contributed by atoms with Crippen molar-refractivity contribution in [1.29, 1.82) is 0 Å². The SMILES string of the molecule is C=CC(OC)C1CCCCC1. The van der Waals surface area contributed by atoms with E-state index >= 15 is 0 Å². The quantitative estimate of drug-likeness (QED) is 0.568. The molecule has 0 aromatic carbocycles. The lowest BCUT2D eigenvalue weighted by atomic mass is 9.85. The highest BCUT2D eigenvalue weighted by atomic mass is 16.5. The first-order valence-corrected chi connectivity index (χ1v) is 4.54. The van der Waals surface area contributed by atoms with Gasteiger partial charge in [-0.15, -0.1) is 6.58 Å². The Morgan fingerprint density at radius 3 is 2.45 bits per heavy atom. The second-order valence-electron chi connectivity index (χ2n) is 3.33. The standard InChI is InChI=1S/C10H18O/c1-3-10(11-2)9-7-5-4-6-8-9/h3,9-10H,1,4-8H2,2H3. The average molecular weight is 154 g/mol. The maximum absolute atomic E-state index is 5.32. The van der Waals surface area contributed by atoms with Crippen molar-refractivity contribution >= 4 is 0 Å². The lowest BCUT2D eigenvalue weighted by Crippen LogP contribution is -2.22. The van der Waals surface area contributed by atoms with Crippen molar-refractivity contribution < 1.29 is 4.74 Å². The molecule has 1 rings (SSSR count). The van der Waals surface area contributed by atoms with Gasteiger partial charge < -0.3 is 4.74 Å². The summed E-state index contributed by atoms with van der Waals surface area (Å²) >= 11 is 0. The summed E-state index contributed by atoms with van der Waals surface area (Å²) in [4.78, 5) is 0. The molecule has 1 aliphatic carbocycles. The molecule has 0 saturated heterocycles. The minimum atomic E-state index is 0.301. The predicted octanol–water partition coefficient (Wildman–Crippen LogP) is 2.77. The summed E-state index contributed by atoms with van der Waals surface area (Å²) in [6, 6.07) is 0. The van der Waals surface area contributed by atoms with E-state index in [1.54, 1.807) is 7.11 Å². The summed E-state index contributed by atoms with van der Waals surface area (Å²) in [6.45, 7) is 3.78. The lowest BCUT2D eigenvalue weighted by Gasteiger charge is -2.26. The summed E-state index contributed by atoms with van der Waals surface area (Å²) in [5.74, 6) is 0.742. The number of methoxy groups -OCH3 is 1. The summed E-state index contributed by atoms with van der Waals surface area (Å²) in [7, 11) is 1.78. The molecule has 1 nitrogen and oxygen atoms in total. The van der Waals surface area contributed by atoms with Gasteiger partial charge in [0.2, 0.25) is 0 Å². The number of rotatable bonds is 3. The van der Waals surface area contributed by atoms with E-state index in [9.17, 15) is 0 Å². The van der Waals surface area contributed by atoms with Crippen LogP contribution in [0.3, 0.4) is 0 Å². The molecule has 1 aliphatic rings. The van der Waals surface area contributed by atoms with Gasteiger partial charge in [0, 0.05) is 7.11 Å². The van der Waals surface area contributed by atoms with Crippen molar-refractivity contribution in [2.45, 2.75) is 38.2 Å². The molecule has 1 fully saturated rings. The van der Waals surface area contributed by atoms with E-state index in [1.807, 2.05) is 6.08 Å².